The fourth-order valence-electron chi connectivity index (χ4n) is 2.14. The van der Waals surface area contributed by atoms with Gasteiger partial charge in [-0.15, -0.1) is 59.3 Å². The summed E-state index contributed by atoms with van der Waals surface area (Å²) in [7, 11) is 0. The van der Waals surface area contributed by atoms with Crippen molar-refractivity contribution in [2.75, 3.05) is 0 Å². The molecule has 0 unspecified atom stereocenters. The molecule has 0 aliphatic carbocycles. The maximum atomic E-state index is 2.12. The van der Waals surface area contributed by atoms with E-state index in [1.165, 1.54) is 21.5 Å². The quantitative estimate of drug-likeness (QED) is 0.236. The van der Waals surface area contributed by atoms with Crippen LogP contribution in [0.5, 0.6) is 0 Å². The molecule has 4 aromatic rings. The van der Waals surface area contributed by atoms with Crippen LogP contribution in [-0.2, 0) is 26.2 Å². The van der Waals surface area contributed by atoms with Gasteiger partial charge >= 0.3 is 26.2 Å². The molecule has 0 fully saturated rings. The van der Waals surface area contributed by atoms with Gasteiger partial charge in [-0.25, -0.2) is 0 Å². The summed E-state index contributed by atoms with van der Waals surface area (Å²) in [5.41, 5.74) is 0. The molecule has 0 aliphatic heterocycles. The average molecular weight is 378 g/mol. The molecule has 23 heavy (non-hydrogen) atoms. The second-order valence-corrected chi connectivity index (χ2v) is 4.98. The van der Waals surface area contributed by atoms with Crippen LogP contribution in [0.3, 0.4) is 0 Å². The van der Waals surface area contributed by atoms with Gasteiger partial charge in [-0.1, -0.05) is 24.3 Å². The molecule has 0 bridgehead atoms. The van der Waals surface area contributed by atoms with E-state index < -0.39 is 0 Å². The minimum atomic E-state index is 0. The van der Waals surface area contributed by atoms with Crippen molar-refractivity contribution in [3.05, 3.63) is 97.1 Å². The van der Waals surface area contributed by atoms with Crippen LogP contribution in [0.2, 0.25) is 0 Å². The van der Waals surface area contributed by atoms with Crippen molar-refractivity contribution in [3.8, 4) is 0 Å². The number of allylic oxidation sites excluding steroid dienone is 2. The SMILES string of the molecule is CC=CC.[Zr+2].c1ccc2[cH-]ccc2c1.c1ccc2[cH-]ccc2c1. The van der Waals surface area contributed by atoms with Gasteiger partial charge in [0, 0.05) is 0 Å². The number of hydrogen-bond acceptors (Lipinski definition) is 0. The molecule has 4 rings (SSSR count). The molecular weight excluding hydrogens is 355 g/mol. The van der Waals surface area contributed by atoms with E-state index in [2.05, 4.69) is 84.9 Å². The summed E-state index contributed by atoms with van der Waals surface area (Å²) >= 11 is 0. The van der Waals surface area contributed by atoms with Crippen LogP contribution >= 0.6 is 0 Å². The molecule has 0 saturated carbocycles. The maximum absolute atomic E-state index is 2.12. The third-order valence-electron chi connectivity index (χ3n) is 3.43. The first-order valence-corrected chi connectivity index (χ1v) is 7.63. The molecule has 4 aromatic carbocycles. The molecular formula is C22H22Zr. The number of hydrogen-bond donors (Lipinski definition) is 0. The summed E-state index contributed by atoms with van der Waals surface area (Å²) in [5, 5.41) is 5.32. The van der Waals surface area contributed by atoms with Crippen LogP contribution in [0.15, 0.2) is 97.1 Å². The van der Waals surface area contributed by atoms with Crippen LogP contribution in [-0.4, -0.2) is 0 Å². The van der Waals surface area contributed by atoms with Crippen LogP contribution in [0, 0.1) is 0 Å². The van der Waals surface area contributed by atoms with Crippen LogP contribution < -0.4 is 0 Å². The van der Waals surface area contributed by atoms with Crippen LogP contribution in [0.25, 0.3) is 21.5 Å². The monoisotopic (exact) mass is 376 g/mol. The Hall–Kier alpha value is -1.72. The molecule has 114 valence electrons. The molecule has 0 heterocycles. The first-order valence-electron chi connectivity index (χ1n) is 7.63. The molecule has 0 N–H and O–H groups in total. The third kappa shape index (κ3) is 6.12. The molecule has 0 saturated heterocycles. The first kappa shape index (κ1) is 19.3. The molecule has 0 aromatic heterocycles. The Morgan fingerprint density at radius 3 is 1.35 bits per heavy atom. The van der Waals surface area contributed by atoms with Crippen molar-refractivity contribution in [3.63, 3.8) is 0 Å². The Morgan fingerprint density at radius 1 is 0.609 bits per heavy atom. The summed E-state index contributed by atoms with van der Waals surface area (Å²) in [6.07, 6.45) is 4.00. The zero-order chi connectivity index (χ0) is 15.6. The molecule has 0 aliphatic rings. The van der Waals surface area contributed by atoms with E-state index >= 15 is 0 Å². The standard InChI is InChI=1S/2C9H7.C4H8.Zr/c2*1-2-5-9-7-3-6-8(9)4-1;1-3-4-2;/h2*1-7H;3-4H,1-2H3;/q2*-1;;+2. The van der Waals surface area contributed by atoms with Crippen molar-refractivity contribution < 1.29 is 26.2 Å². The van der Waals surface area contributed by atoms with Gasteiger partial charge in [0.25, 0.3) is 0 Å². The Kier molecular flexibility index (Phi) is 9.18. The molecule has 0 radical (unpaired) electrons. The summed E-state index contributed by atoms with van der Waals surface area (Å²) in [6, 6.07) is 29.3. The Bertz CT molecular complexity index is 687. The van der Waals surface area contributed by atoms with Crippen LogP contribution in [0.1, 0.15) is 13.8 Å². The fourth-order valence-corrected chi connectivity index (χ4v) is 2.14. The number of rotatable bonds is 0. The van der Waals surface area contributed by atoms with Crippen molar-refractivity contribution in [1.82, 2.24) is 0 Å². The Labute approximate surface area is 158 Å². The van der Waals surface area contributed by atoms with Gasteiger partial charge in [0.2, 0.25) is 0 Å². The van der Waals surface area contributed by atoms with E-state index in [1.807, 2.05) is 26.0 Å². The topological polar surface area (TPSA) is 0 Å². The predicted octanol–water partition coefficient (Wildman–Crippen LogP) is 6.70. The smallest absolute Gasteiger partial charge is 0.168 e. The maximum Gasteiger partial charge on any atom is 2.00 e. The van der Waals surface area contributed by atoms with Crippen molar-refractivity contribution >= 4 is 21.5 Å². The number of benzene rings is 2. The van der Waals surface area contributed by atoms with E-state index in [0.717, 1.165) is 0 Å². The predicted molar refractivity (Wildman–Crippen MR) is 99.6 cm³/mol. The normalized spacial score (nSPS) is 9.65. The Morgan fingerprint density at radius 2 is 1.00 bits per heavy atom. The summed E-state index contributed by atoms with van der Waals surface area (Å²) in [4.78, 5) is 0. The van der Waals surface area contributed by atoms with Gasteiger partial charge in [-0.05, 0) is 13.8 Å². The summed E-state index contributed by atoms with van der Waals surface area (Å²) in [5.74, 6) is 0. The molecule has 0 spiro atoms. The third-order valence-corrected chi connectivity index (χ3v) is 3.43. The summed E-state index contributed by atoms with van der Waals surface area (Å²) in [6.45, 7) is 4.00. The van der Waals surface area contributed by atoms with Crippen molar-refractivity contribution in [1.29, 1.82) is 0 Å². The van der Waals surface area contributed by atoms with Crippen molar-refractivity contribution in [2.24, 2.45) is 0 Å². The first-order chi connectivity index (χ1) is 10.8. The van der Waals surface area contributed by atoms with Gasteiger partial charge in [0.05, 0.1) is 0 Å². The average Bonchev–Trinajstić information content (AvgIpc) is 3.24. The number of fused-ring (bicyclic) bond motifs is 2. The van der Waals surface area contributed by atoms with E-state index in [-0.39, 0.29) is 26.2 Å². The van der Waals surface area contributed by atoms with Crippen molar-refractivity contribution in [2.45, 2.75) is 13.8 Å². The van der Waals surface area contributed by atoms with Crippen LogP contribution in [0.4, 0.5) is 0 Å². The Balaban J connectivity index is 0.000000182. The fraction of sp³-hybridized carbons (Fsp3) is 0.0909. The second kappa shape index (κ2) is 10.9. The molecule has 1 heteroatoms. The van der Waals surface area contributed by atoms with E-state index in [9.17, 15) is 0 Å². The molecule has 0 amide bonds. The van der Waals surface area contributed by atoms with E-state index in [0.29, 0.717) is 0 Å². The molecule has 0 nitrogen and oxygen atoms in total. The summed E-state index contributed by atoms with van der Waals surface area (Å²) < 4.78 is 0. The van der Waals surface area contributed by atoms with Gasteiger partial charge < -0.3 is 0 Å². The zero-order valence-corrected chi connectivity index (χ0v) is 16.2. The van der Waals surface area contributed by atoms with E-state index in [1.54, 1.807) is 0 Å². The van der Waals surface area contributed by atoms with Gasteiger partial charge in [0.15, 0.2) is 0 Å². The van der Waals surface area contributed by atoms with Gasteiger partial charge in [-0.2, -0.15) is 35.0 Å². The van der Waals surface area contributed by atoms with Gasteiger partial charge in [0.1, 0.15) is 0 Å². The second-order valence-electron chi connectivity index (χ2n) is 4.98. The minimum Gasteiger partial charge on any atom is -0.168 e. The zero-order valence-electron chi connectivity index (χ0n) is 13.7. The minimum absolute atomic E-state index is 0. The largest absolute Gasteiger partial charge is 2.00 e. The van der Waals surface area contributed by atoms with Gasteiger partial charge in [-0.3, -0.25) is 0 Å². The molecule has 0 atom stereocenters. The van der Waals surface area contributed by atoms with E-state index in [4.69, 9.17) is 0 Å².